The monoisotopic (exact) mass is 308 g/mol. The number of hydrogen-bond acceptors (Lipinski definition) is 2. The first-order valence-electron chi connectivity index (χ1n) is 8.32. The predicted molar refractivity (Wildman–Crippen MR) is 90.7 cm³/mol. The first-order valence-corrected chi connectivity index (χ1v) is 8.32. The molecule has 2 amide bonds. The van der Waals surface area contributed by atoms with Crippen LogP contribution in [0.15, 0.2) is 36.4 Å². The molecule has 1 atom stereocenters. The Kier molecular flexibility index (Phi) is 3.33. The molecule has 2 aliphatic heterocycles. The maximum Gasteiger partial charge on any atom is 0.259 e. The fourth-order valence-corrected chi connectivity index (χ4v) is 3.81. The van der Waals surface area contributed by atoms with E-state index in [4.69, 9.17) is 0 Å². The van der Waals surface area contributed by atoms with Crippen LogP contribution in [0.5, 0.6) is 0 Å². The highest BCUT2D eigenvalue weighted by molar-refractivity contribution is 6.26. The van der Waals surface area contributed by atoms with Gasteiger partial charge in [-0.2, -0.15) is 0 Å². The van der Waals surface area contributed by atoms with Crippen molar-refractivity contribution in [2.24, 2.45) is 0 Å². The van der Waals surface area contributed by atoms with E-state index in [2.05, 4.69) is 0 Å². The van der Waals surface area contributed by atoms with Gasteiger partial charge in [-0.1, -0.05) is 24.3 Å². The topological polar surface area (TPSA) is 40.6 Å². The Labute approximate surface area is 135 Å². The van der Waals surface area contributed by atoms with Crippen LogP contribution in [-0.2, 0) is 4.79 Å². The van der Waals surface area contributed by atoms with Crippen LogP contribution in [0.4, 0.5) is 5.69 Å². The fraction of sp³-hybridized carbons (Fsp3) is 0.368. The van der Waals surface area contributed by atoms with Crippen LogP contribution in [0, 0.1) is 0 Å². The summed E-state index contributed by atoms with van der Waals surface area (Å²) in [6.07, 6.45) is 3.30. The molecule has 1 saturated heterocycles. The number of likely N-dealkylation sites (tertiary alicyclic amines) is 1. The van der Waals surface area contributed by atoms with E-state index in [1.165, 1.54) is 6.42 Å². The molecule has 0 spiro atoms. The fourth-order valence-electron chi connectivity index (χ4n) is 3.81. The van der Waals surface area contributed by atoms with Crippen LogP contribution >= 0.6 is 0 Å². The van der Waals surface area contributed by atoms with Gasteiger partial charge in [0.25, 0.3) is 5.91 Å². The molecule has 4 nitrogen and oxygen atoms in total. The molecule has 118 valence electrons. The molecule has 0 aliphatic carbocycles. The molecule has 0 N–H and O–H groups in total. The summed E-state index contributed by atoms with van der Waals surface area (Å²) < 4.78 is 0. The number of piperidine rings is 1. The summed E-state index contributed by atoms with van der Waals surface area (Å²) in [4.78, 5) is 29.3. The Morgan fingerprint density at radius 2 is 1.74 bits per heavy atom. The summed E-state index contributed by atoms with van der Waals surface area (Å²) in [6.45, 7) is 3.46. The third-order valence-corrected chi connectivity index (χ3v) is 5.00. The van der Waals surface area contributed by atoms with E-state index in [0.29, 0.717) is 5.56 Å². The highest BCUT2D eigenvalue weighted by Crippen LogP contribution is 2.38. The smallest absolute Gasteiger partial charge is 0.259 e. The largest absolute Gasteiger partial charge is 0.341 e. The van der Waals surface area contributed by atoms with Gasteiger partial charge in [0, 0.05) is 24.0 Å². The van der Waals surface area contributed by atoms with E-state index < -0.39 is 6.04 Å². The molecule has 2 aliphatic rings. The SMILES string of the molecule is C[C@H](C(=O)N1CCCCC1)N1C(=O)c2cccc3cccc1c23. The van der Waals surface area contributed by atoms with Crippen molar-refractivity contribution in [1.29, 1.82) is 0 Å². The maximum absolute atomic E-state index is 12.9. The van der Waals surface area contributed by atoms with Crippen LogP contribution < -0.4 is 4.90 Å². The second-order valence-electron chi connectivity index (χ2n) is 6.42. The van der Waals surface area contributed by atoms with Gasteiger partial charge in [-0.15, -0.1) is 0 Å². The third-order valence-electron chi connectivity index (χ3n) is 5.00. The minimum absolute atomic E-state index is 0.0582. The Morgan fingerprint density at radius 1 is 1.04 bits per heavy atom. The average Bonchev–Trinajstić information content (AvgIpc) is 2.89. The molecule has 4 heteroatoms. The minimum Gasteiger partial charge on any atom is -0.341 e. The lowest BCUT2D eigenvalue weighted by atomic mass is 10.1. The summed E-state index contributed by atoms with van der Waals surface area (Å²) >= 11 is 0. The third kappa shape index (κ3) is 2.12. The second-order valence-corrected chi connectivity index (χ2v) is 6.42. The van der Waals surface area contributed by atoms with Gasteiger partial charge in [-0.3, -0.25) is 14.5 Å². The van der Waals surface area contributed by atoms with Crippen molar-refractivity contribution in [3.63, 3.8) is 0 Å². The van der Waals surface area contributed by atoms with E-state index in [9.17, 15) is 9.59 Å². The number of carbonyl (C=O) groups excluding carboxylic acids is 2. The molecule has 2 aromatic carbocycles. The minimum atomic E-state index is -0.460. The summed E-state index contributed by atoms with van der Waals surface area (Å²) in [5.74, 6) is -0.00230. The van der Waals surface area contributed by atoms with Crippen LogP contribution in [0.3, 0.4) is 0 Å². The number of carbonyl (C=O) groups is 2. The number of hydrogen-bond donors (Lipinski definition) is 0. The molecule has 1 fully saturated rings. The molecule has 23 heavy (non-hydrogen) atoms. The van der Waals surface area contributed by atoms with Gasteiger partial charge in [-0.25, -0.2) is 0 Å². The molecular formula is C19H20N2O2. The van der Waals surface area contributed by atoms with Gasteiger partial charge in [0.15, 0.2) is 0 Å². The molecule has 0 radical (unpaired) electrons. The highest BCUT2D eigenvalue weighted by atomic mass is 16.2. The van der Waals surface area contributed by atoms with Crippen molar-refractivity contribution in [3.05, 3.63) is 42.0 Å². The Balaban J connectivity index is 1.71. The van der Waals surface area contributed by atoms with Crippen LogP contribution in [-0.4, -0.2) is 35.8 Å². The number of benzene rings is 2. The molecule has 4 rings (SSSR count). The van der Waals surface area contributed by atoms with Crippen molar-refractivity contribution in [3.8, 4) is 0 Å². The summed E-state index contributed by atoms with van der Waals surface area (Å²) in [5, 5.41) is 2.02. The zero-order valence-corrected chi connectivity index (χ0v) is 13.3. The first-order chi connectivity index (χ1) is 11.2. The van der Waals surface area contributed by atoms with E-state index in [1.807, 2.05) is 48.2 Å². The predicted octanol–water partition coefficient (Wildman–Crippen LogP) is 3.20. The second kappa shape index (κ2) is 5.37. The summed E-state index contributed by atoms with van der Waals surface area (Å²) in [7, 11) is 0. The summed E-state index contributed by atoms with van der Waals surface area (Å²) in [5.41, 5.74) is 1.57. The molecule has 0 bridgehead atoms. The van der Waals surface area contributed by atoms with Crippen molar-refractivity contribution < 1.29 is 9.59 Å². The van der Waals surface area contributed by atoms with Crippen molar-refractivity contribution in [1.82, 2.24) is 4.90 Å². The zero-order valence-electron chi connectivity index (χ0n) is 13.3. The number of anilines is 1. The maximum atomic E-state index is 12.9. The highest BCUT2D eigenvalue weighted by Gasteiger charge is 2.37. The van der Waals surface area contributed by atoms with Gasteiger partial charge in [0.2, 0.25) is 5.91 Å². The van der Waals surface area contributed by atoms with Gasteiger partial charge in [0.05, 0.1) is 5.69 Å². The lowest BCUT2D eigenvalue weighted by Crippen LogP contribution is -2.49. The molecule has 0 saturated carbocycles. The van der Waals surface area contributed by atoms with Crippen molar-refractivity contribution in [2.45, 2.75) is 32.2 Å². The first kappa shape index (κ1) is 14.2. The average molecular weight is 308 g/mol. The van der Waals surface area contributed by atoms with Gasteiger partial charge in [-0.05, 0) is 43.7 Å². The molecule has 2 aromatic rings. The van der Waals surface area contributed by atoms with E-state index >= 15 is 0 Å². The zero-order chi connectivity index (χ0) is 16.0. The normalized spacial score (nSPS) is 18.6. The Hall–Kier alpha value is -2.36. The lowest BCUT2D eigenvalue weighted by molar-refractivity contribution is -0.133. The van der Waals surface area contributed by atoms with Crippen molar-refractivity contribution >= 4 is 28.3 Å². The molecule has 0 unspecified atom stereocenters. The Morgan fingerprint density at radius 3 is 2.48 bits per heavy atom. The van der Waals surface area contributed by atoms with Crippen LogP contribution in [0.1, 0.15) is 36.5 Å². The van der Waals surface area contributed by atoms with Crippen LogP contribution in [0.2, 0.25) is 0 Å². The summed E-state index contributed by atoms with van der Waals surface area (Å²) in [6, 6.07) is 11.2. The number of amides is 2. The van der Waals surface area contributed by atoms with E-state index in [1.54, 1.807) is 4.90 Å². The van der Waals surface area contributed by atoms with Crippen molar-refractivity contribution in [2.75, 3.05) is 18.0 Å². The quantitative estimate of drug-likeness (QED) is 0.855. The lowest BCUT2D eigenvalue weighted by Gasteiger charge is -2.33. The molecule has 2 heterocycles. The van der Waals surface area contributed by atoms with Gasteiger partial charge in [0.1, 0.15) is 6.04 Å². The van der Waals surface area contributed by atoms with E-state index in [0.717, 1.165) is 42.4 Å². The standard InChI is InChI=1S/C19H20N2O2/c1-13(18(22)20-11-3-2-4-12-20)21-16-10-6-8-14-7-5-9-15(17(14)16)19(21)23/h5-10,13H,2-4,11-12H2,1H3/t13-/m1/s1. The van der Waals surface area contributed by atoms with Gasteiger partial charge < -0.3 is 4.90 Å². The Bertz CT molecular complexity index is 788. The number of rotatable bonds is 2. The number of nitrogens with zero attached hydrogens (tertiary/aromatic N) is 2. The molecule has 0 aromatic heterocycles. The molecular weight excluding hydrogens is 288 g/mol. The van der Waals surface area contributed by atoms with Crippen LogP contribution in [0.25, 0.3) is 10.8 Å². The van der Waals surface area contributed by atoms with E-state index in [-0.39, 0.29) is 11.8 Å². The van der Waals surface area contributed by atoms with Gasteiger partial charge >= 0.3 is 0 Å².